The first kappa shape index (κ1) is 14.4. The lowest BCUT2D eigenvalue weighted by atomic mass is 9.86. The molecule has 1 rings (SSSR count). The summed E-state index contributed by atoms with van der Waals surface area (Å²) in [6.07, 6.45) is 0. The van der Waals surface area contributed by atoms with E-state index in [1.807, 2.05) is 0 Å². The standard InChI is InChI=1S/C13H13ClO4/c1-7(8(2)12(16)13(17)18)11(15)9-3-5-10(14)6-4-9/h3-8H,1-2H3,(H,17,18). The Kier molecular flexibility index (Phi) is 4.62. The van der Waals surface area contributed by atoms with Crippen molar-refractivity contribution in [1.82, 2.24) is 0 Å². The second-order valence-electron chi connectivity index (χ2n) is 4.12. The first-order chi connectivity index (χ1) is 8.34. The van der Waals surface area contributed by atoms with Crippen molar-refractivity contribution in [2.75, 3.05) is 0 Å². The van der Waals surface area contributed by atoms with E-state index < -0.39 is 23.6 Å². The van der Waals surface area contributed by atoms with Crippen molar-refractivity contribution in [1.29, 1.82) is 0 Å². The number of carbonyl (C=O) groups excluding carboxylic acids is 2. The molecule has 0 bridgehead atoms. The number of hydrogen-bond acceptors (Lipinski definition) is 3. The van der Waals surface area contributed by atoms with E-state index in [4.69, 9.17) is 16.7 Å². The molecular formula is C13H13ClO4. The quantitative estimate of drug-likeness (QED) is 0.658. The maximum atomic E-state index is 12.0. The number of carbonyl (C=O) groups is 3. The fourth-order valence-electron chi connectivity index (χ4n) is 1.53. The lowest BCUT2D eigenvalue weighted by Crippen LogP contribution is -2.30. The number of carboxylic acids is 1. The van der Waals surface area contributed by atoms with Crippen molar-refractivity contribution >= 4 is 29.1 Å². The van der Waals surface area contributed by atoms with E-state index in [1.165, 1.54) is 6.92 Å². The third-order valence-electron chi connectivity index (χ3n) is 2.92. The Morgan fingerprint density at radius 3 is 2.00 bits per heavy atom. The number of aliphatic carboxylic acids is 1. The maximum Gasteiger partial charge on any atom is 0.372 e. The van der Waals surface area contributed by atoms with Crippen LogP contribution in [0, 0.1) is 11.8 Å². The van der Waals surface area contributed by atoms with Crippen LogP contribution in [-0.4, -0.2) is 22.6 Å². The highest BCUT2D eigenvalue weighted by Crippen LogP contribution is 2.19. The Balaban J connectivity index is 2.87. The zero-order chi connectivity index (χ0) is 13.9. The largest absolute Gasteiger partial charge is 0.475 e. The van der Waals surface area contributed by atoms with Crippen LogP contribution in [0.1, 0.15) is 24.2 Å². The highest BCUT2D eigenvalue weighted by atomic mass is 35.5. The number of ketones is 2. The average Bonchev–Trinajstić information content (AvgIpc) is 2.36. The van der Waals surface area contributed by atoms with Crippen LogP contribution in [-0.2, 0) is 9.59 Å². The summed E-state index contributed by atoms with van der Waals surface area (Å²) in [7, 11) is 0. The van der Waals surface area contributed by atoms with Gasteiger partial charge in [0.15, 0.2) is 5.78 Å². The summed E-state index contributed by atoms with van der Waals surface area (Å²) in [5.74, 6) is -4.28. The van der Waals surface area contributed by atoms with Gasteiger partial charge >= 0.3 is 5.97 Å². The Morgan fingerprint density at radius 1 is 1.06 bits per heavy atom. The van der Waals surface area contributed by atoms with Gasteiger partial charge < -0.3 is 5.11 Å². The number of hydrogen-bond donors (Lipinski definition) is 1. The van der Waals surface area contributed by atoms with Gasteiger partial charge in [-0.1, -0.05) is 25.4 Å². The third kappa shape index (κ3) is 3.17. The van der Waals surface area contributed by atoms with Crippen LogP contribution in [0.15, 0.2) is 24.3 Å². The first-order valence-corrected chi connectivity index (χ1v) is 5.79. The fraction of sp³-hybridized carbons (Fsp3) is 0.308. The Bertz CT molecular complexity index is 478. The molecule has 2 unspecified atom stereocenters. The van der Waals surface area contributed by atoms with Crippen molar-refractivity contribution in [2.45, 2.75) is 13.8 Å². The van der Waals surface area contributed by atoms with Crippen molar-refractivity contribution in [3.8, 4) is 0 Å². The van der Waals surface area contributed by atoms with Crippen LogP contribution in [0.5, 0.6) is 0 Å². The Hall–Kier alpha value is -1.68. The highest BCUT2D eigenvalue weighted by molar-refractivity contribution is 6.34. The van der Waals surface area contributed by atoms with E-state index >= 15 is 0 Å². The molecule has 0 saturated carbocycles. The summed E-state index contributed by atoms with van der Waals surface area (Å²) < 4.78 is 0. The van der Waals surface area contributed by atoms with E-state index in [-0.39, 0.29) is 5.78 Å². The molecular weight excluding hydrogens is 256 g/mol. The molecule has 4 nitrogen and oxygen atoms in total. The van der Waals surface area contributed by atoms with Gasteiger partial charge in [0.25, 0.3) is 0 Å². The summed E-state index contributed by atoms with van der Waals surface area (Å²) in [6, 6.07) is 6.26. The van der Waals surface area contributed by atoms with Gasteiger partial charge in [-0.25, -0.2) is 4.79 Å². The topological polar surface area (TPSA) is 71.4 Å². The zero-order valence-corrected chi connectivity index (χ0v) is 10.8. The van der Waals surface area contributed by atoms with Gasteiger partial charge in [-0.3, -0.25) is 9.59 Å². The smallest absolute Gasteiger partial charge is 0.372 e. The Morgan fingerprint density at radius 2 is 1.56 bits per heavy atom. The van der Waals surface area contributed by atoms with Gasteiger partial charge in [-0.2, -0.15) is 0 Å². The van der Waals surface area contributed by atoms with Gasteiger partial charge in [0.1, 0.15) is 0 Å². The summed E-state index contributed by atoms with van der Waals surface area (Å²) in [6.45, 7) is 2.98. The van der Waals surface area contributed by atoms with Crippen LogP contribution in [0.25, 0.3) is 0 Å². The summed E-state index contributed by atoms with van der Waals surface area (Å²) in [4.78, 5) is 33.9. The second kappa shape index (κ2) is 5.78. The minimum Gasteiger partial charge on any atom is -0.475 e. The molecule has 0 amide bonds. The predicted molar refractivity (Wildman–Crippen MR) is 66.8 cm³/mol. The van der Waals surface area contributed by atoms with Gasteiger partial charge in [0.05, 0.1) is 0 Å². The van der Waals surface area contributed by atoms with E-state index in [0.717, 1.165) is 0 Å². The van der Waals surface area contributed by atoms with Crippen LogP contribution < -0.4 is 0 Å². The summed E-state index contributed by atoms with van der Waals surface area (Å²) in [5, 5.41) is 9.12. The van der Waals surface area contributed by atoms with Crippen molar-refractivity contribution in [3.63, 3.8) is 0 Å². The molecule has 0 aromatic heterocycles. The summed E-state index contributed by atoms with van der Waals surface area (Å²) >= 11 is 5.71. The second-order valence-corrected chi connectivity index (χ2v) is 4.55. The Labute approximate surface area is 110 Å². The first-order valence-electron chi connectivity index (χ1n) is 5.41. The average molecular weight is 269 g/mol. The molecule has 18 heavy (non-hydrogen) atoms. The van der Waals surface area contributed by atoms with Crippen LogP contribution in [0.3, 0.4) is 0 Å². The number of benzene rings is 1. The van der Waals surface area contributed by atoms with Crippen LogP contribution >= 0.6 is 11.6 Å². The number of carboxylic acid groups (broad SMARTS) is 1. The highest BCUT2D eigenvalue weighted by Gasteiger charge is 2.30. The molecule has 0 aliphatic heterocycles. The molecule has 0 spiro atoms. The molecule has 1 N–H and O–H groups in total. The molecule has 0 fully saturated rings. The number of rotatable bonds is 5. The van der Waals surface area contributed by atoms with Crippen molar-refractivity contribution in [2.24, 2.45) is 11.8 Å². The van der Waals surface area contributed by atoms with Crippen LogP contribution in [0.2, 0.25) is 5.02 Å². The van der Waals surface area contributed by atoms with Crippen LogP contribution in [0.4, 0.5) is 0 Å². The van der Waals surface area contributed by atoms with E-state index in [9.17, 15) is 14.4 Å². The number of halogens is 1. The van der Waals surface area contributed by atoms with Gasteiger partial charge in [0, 0.05) is 22.4 Å². The molecule has 0 heterocycles. The third-order valence-corrected chi connectivity index (χ3v) is 3.17. The van der Waals surface area contributed by atoms with Gasteiger partial charge in [-0.15, -0.1) is 0 Å². The molecule has 0 aliphatic carbocycles. The lowest BCUT2D eigenvalue weighted by Gasteiger charge is -2.15. The normalized spacial score (nSPS) is 13.7. The molecule has 2 atom stereocenters. The SMILES string of the molecule is CC(C(=O)C(=O)O)C(C)C(=O)c1ccc(Cl)cc1. The lowest BCUT2D eigenvalue weighted by molar-refractivity contribution is -0.151. The molecule has 96 valence electrons. The minimum atomic E-state index is -1.52. The van der Waals surface area contributed by atoms with Gasteiger partial charge in [-0.05, 0) is 24.3 Å². The van der Waals surface area contributed by atoms with Crippen molar-refractivity contribution in [3.05, 3.63) is 34.9 Å². The minimum absolute atomic E-state index is 0.270. The number of Topliss-reactive ketones (excluding diaryl/α,β-unsaturated/α-hetero) is 2. The van der Waals surface area contributed by atoms with Gasteiger partial charge in [0.2, 0.25) is 5.78 Å². The van der Waals surface area contributed by atoms with E-state index in [2.05, 4.69) is 0 Å². The summed E-state index contributed by atoms with van der Waals surface area (Å²) in [5.41, 5.74) is 0.414. The predicted octanol–water partition coefficient (Wildman–Crippen LogP) is 2.45. The zero-order valence-electron chi connectivity index (χ0n) is 10.0. The molecule has 1 aromatic rings. The molecule has 1 aromatic carbocycles. The molecule has 0 aliphatic rings. The van der Waals surface area contributed by atoms with Crippen molar-refractivity contribution < 1.29 is 19.5 Å². The van der Waals surface area contributed by atoms with E-state index in [0.29, 0.717) is 10.6 Å². The monoisotopic (exact) mass is 268 g/mol. The van der Waals surface area contributed by atoms with E-state index in [1.54, 1.807) is 31.2 Å². The fourth-order valence-corrected chi connectivity index (χ4v) is 1.65. The maximum absolute atomic E-state index is 12.0. The molecule has 0 saturated heterocycles. The molecule has 0 radical (unpaired) electrons. The molecule has 5 heteroatoms.